The summed E-state index contributed by atoms with van der Waals surface area (Å²) in [5.41, 5.74) is 1.12. The maximum Gasteiger partial charge on any atom is 0.114 e. The summed E-state index contributed by atoms with van der Waals surface area (Å²) in [5, 5.41) is 7.85. The van der Waals surface area contributed by atoms with Crippen molar-refractivity contribution in [3.05, 3.63) is 22.4 Å². The van der Waals surface area contributed by atoms with Crippen LogP contribution in [0, 0.1) is 0 Å². The molecule has 0 aromatic carbocycles. The lowest BCUT2D eigenvalue weighted by Gasteiger charge is -2.24. The first-order chi connectivity index (χ1) is 9.36. The van der Waals surface area contributed by atoms with Gasteiger partial charge in [-0.15, -0.1) is 5.10 Å². The number of allylic oxidation sites excluding steroid dienone is 1. The minimum Gasteiger partial charge on any atom is -0.496 e. The van der Waals surface area contributed by atoms with Gasteiger partial charge in [-0.25, -0.2) is 0 Å². The van der Waals surface area contributed by atoms with Crippen molar-refractivity contribution in [3.63, 3.8) is 0 Å². The average molecular weight is 281 g/mol. The fraction of sp³-hybridized carbons (Fsp3) is 0.714. The van der Waals surface area contributed by atoms with E-state index in [0.29, 0.717) is 0 Å². The number of rotatable bonds is 7. The molecule has 1 unspecified atom stereocenters. The fourth-order valence-electron chi connectivity index (χ4n) is 2.23. The Labute approximate surface area is 119 Å². The number of aryl methyl sites for hydroxylation is 1. The summed E-state index contributed by atoms with van der Waals surface area (Å²) in [7, 11) is 0. The number of hydrogen-bond acceptors (Lipinski definition) is 5. The lowest BCUT2D eigenvalue weighted by molar-refractivity contribution is 0.168. The Morgan fingerprint density at radius 2 is 2.32 bits per heavy atom. The minimum absolute atomic E-state index is 0.141. The van der Waals surface area contributed by atoms with Gasteiger partial charge in [-0.1, -0.05) is 24.8 Å². The van der Waals surface area contributed by atoms with Crippen LogP contribution in [0.25, 0.3) is 0 Å². The van der Waals surface area contributed by atoms with Gasteiger partial charge in [0.15, 0.2) is 0 Å². The second-order valence-electron chi connectivity index (χ2n) is 4.82. The number of nitrogens with zero attached hydrogens (tertiary/aromatic N) is 2. The van der Waals surface area contributed by atoms with Crippen LogP contribution in [-0.2, 0) is 11.2 Å². The van der Waals surface area contributed by atoms with Gasteiger partial charge in [-0.2, -0.15) is 0 Å². The Balaban J connectivity index is 2.20. The molecule has 1 atom stereocenters. The van der Waals surface area contributed by atoms with Crippen molar-refractivity contribution in [2.45, 2.75) is 52.0 Å². The molecule has 106 valence electrons. The third-order valence-electron chi connectivity index (χ3n) is 3.18. The first-order valence-electron chi connectivity index (χ1n) is 7.24. The Hall–Kier alpha value is -0.940. The highest BCUT2D eigenvalue weighted by Crippen LogP contribution is 2.30. The summed E-state index contributed by atoms with van der Waals surface area (Å²) < 4.78 is 9.98. The lowest BCUT2D eigenvalue weighted by atomic mass is 10.1. The molecule has 0 aliphatic carbocycles. The topological polar surface area (TPSA) is 47.0 Å². The monoisotopic (exact) mass is 281 g/mol. The van der Waals surface area contributed by atoms with E-state index in [1.165, 1.54) is 16.4 Å². The molecule has 1 aromatic rings. The van der Waals surface area contributed by atoms with E-state index in [4.69, 9.17) is 4.74 Å². The molecule has 2 rings (SSSR count). The normalized spacial score (nSPS) is 16.8. The van der Waals surface area contributed by atoms with E-state index >= 15 is 0 Å². The summed E-state index contributed by atoms with van der Waals surface area (Å²) in [6, 6.07) is 0.141. The zero-order valence-electron chi connectivity index (χ0n) is 11.8. The molecule has 5 heteroatoms. The summed E-state index contributed by atoms with van der Waals surface area (Å²) in [6.07, 6.45) is 7.63. The maximum absolute atomic E-state index is 5.84. The van der Waals surface area contributed by atoms with Gasteiger partial charge in [0, 0.05) is 0 Å². The zero-order chi connectivity index (χ0) is 13.5. The fourth-order valence-corrected chi connectivity index (χ4v) is 3.01. The highest BCUT2D eigenvalue weighted by molar-refractivity contribution is 7.05. The van der Waals surface area contributed by atoms with E-state index in [-0.39, 0.29) is 6.04 Å². The Morgan fingerprint density at radius 1 is 1.42 bits per heavy atom. The van der Waals surface area contributed by atoms with Crippen molar-refractivity contribution in [3.8, 4) is 0 Å². The quantitative estimate of drug-likeness (QED) is 0.833. The van der Waals surface area contributed by atoms with Crippen molar-refractivity contribution < 1.29 is 4.74 Å². The first kappa shape index (κ1) is 14.5. The van der Waals surface area contributed by atoms with Crippen molar-refractivity contribution >= 4 is 11.5 Å². The van der Waals surface area contributed by atoms with Crippen LogP contribution >= 0.6 is 11.5 Å². The molecule has 0 bridgehead atoms. The third kappa shape index (κ3) is 3.76. The standard InChI is InChI=1S/C14H23N3OS/c1-3-7-11-14(19-17-16-11)13(15-9-4-2)12-8-5-6-10-18-12/h8,13,15H,3-7,9-10H2,1-2H3. The molecule has 1 aromatic heterocycles. The second kappa shape index (κ2) is 7.60. The molecule has 0 spiro atoms. The van der Waals surface area contributed by atoms with E-state index in [1.54, 1.807) is 0 Å². The molecular formula is C14H23N3OS. The Bertz CT molecular complexity index is 417. The number of nitrogens with one attached hydrogen (secondary N) is 1. The predicted molar refractivity (Wildman–Crippen MR) is 78.2 cm³/mol. The molecule has 19 heavy (non-hydrogen) atoms. The average Bonchev–Trinajstić information content (AvgIpc) is 2.89. The van der Waals surface area contributed by atoms with E-state index in [0.717, 1.165) is 56.7 Å². The van der Waals surface area contributed by atoms with Gasteiger partial charge in [0.1, 0.15) is 11.8 Å². The SMILES string of the molecule is CCCNC(C1=CCCCO1)c1snnc1CCC. The first-order valence-corrected chi connectivity index (χ1v) is 8.01. The van der Waals surface area contributed by atoms with Gasteiger partial charge < -0.3 is 10.1 Å². The largest absolute Gasteiger partial charge is 0.496 e. The van der Waals surface area contributed by atoms with Gasteiger partial charge in [-0.3, -0.25) is 0 Å². The van der Waals surface area contributed by atoms with Crippen LogP contribution in [0.2, 0.25) is 0 Å². The number of aromatic nitrogens is 2. The van der Waals surface area contributed by atoms with Gasteiger partial charge >= 0.3 is 0 Å². The molecule has 0 radical (unpaired) electrons. The second-order valence-corrected chi connectivity index (χ2v) is 5.60. The molecule has 1 N–H and O–H groups in total. The van der Waals surface area contributed by atoms with E-state index in [9.17, 15) is 0 Å². The molecule has 0 amide bonds. The number of hydrogen-bond donors (Lipinski definition) is 1. The highest BCUT2D eigenvalue weighted by atomic mass is 32.1. The van der Waals surface area contributed by atoms with Crippen molar-refractivity contribution in [2.24, 2.45) is 0 Å². The summed E-state index contributed by atoms with van der Waals surface area (Å²) in [4.78, 5) is 1.23. The lowest BCUT2D eigenvalue weighted by Crippen LogP contribution is -2.26. The number of ether oxygens (including phenoxy) is 1. The van der Waals surface area contributed by atoms with Crippen LogP contribution in [0.5, 0.6) is 0 Å². The zero-order valence-corrected chi connectivity index (χ0v) is 12.6. The van der Waals surface area contributed by atoms with Crippen LogP contribution in [0.4, 0.5) is 0 Å². The van der Waals surface area contributed by atoms with Crippen molar-refractivity contribution in [1.29, 1.82) is 0 Å². The molecule has 1 aliphatic heterocycles. The smallest absolute Gasteiger partial charge is 0.114 e. The van der Waals surface area contributed by atoms with Gasteiger partial charge in [0.05, 0.1) is 17.2 Å². The van der Waals surface area contributed by atoms with Crippen molar-refractivity contribution in [2.75, 3.05) is 13.2 Å². The molecule has 1 aliphatic rings. The predicted octanol–water partition coefficient (Wildman–Crippen LogP) is 3.23. The Morgan fingerprint density at radius 3 is 3.00 bits per heavy atom. The van der Waals surface area contributed by atoms with Crippen LogP contribution in [0.15, 0.2) is 11.8 Å². The molecule has 0 saturated heterocycles. The Kier molecular flexibility index (Phi) is 5.79. The van der Waals surface area contributed by atoms with Gasteiger partial charge in [0.25, 0.3) is 0 Å². The van der Waals surface area contributed by atoms with Crippen LogP contribution in [0.1, 0.15) is 56.1 Å². The molecule has 2 heterocycles. The van der Waals surface area contributed by atoms with E-state index < -0.39 is 0 Å². The van der Waals surface area contributed by atoms with E-state index in [1.807, 2.05) is 0 Å². The minimum atomic E-state index is 0.141. The van der Waals surface area contributed by atoms with Gasteiger partial charge in [-0.05, 0) is 49.8 Å². The summed E-state index contributed by atoms with van der Waals surface area (Å²) in [5.74, 6) is 1.06. The van der Waals surface area contributed by atoms with Gasteiger partial charge in [0.2, 0.25) is 0 Å². The third-order valence-corrected chi connectivity index (χ3v) is 4.01. The maximum atomic E-state index is 5.84. The summed E-state index contributed by atoms with van der Waals surface area (Å²) in [6.45, 7) is 6.16. The van der Waals surface area contributed by atoms with Crippen LogP contribution in [0.3, 0.4) is 0 Å². The van der Waals surface area contributed by atoms with E-state index in [2.05, 4.69) is 34.8 Å². The molecular weight excluding hydrogens is 258 g/mol. The molecule has 0 fully saturated rings. The molecule has 0 saturated carbocycles. The highest BCUT2D eigenvalue weighted by Gasteiger charge is 2.24. The summed E-state index contributed by atoms with van der Waals surface area (Å²) >= 11 is 1.50. The van der Waals surface area contributed by atoms with Crippen LogP contribution < -0.4 is 5.32 Å². The van der Waals surface area contributed by atoms with Crippen LogP contribution in [-0.4, -0.2) is 22.7 Å². The molecule has 4 nitrogen and oxygen atoms in total. The van der Waals surface area contributed by atoms with Crippen molar-refractivity contribution in [1.82, 2.24) is 14.9 Å².